The Kier molecular flexibility index (Phi) is 48.8. The van der Waals surface area contributed by atoms with Crippen LogP contribution in [0.1, 0.15) is 258 Å². The van der Waals surface area contributed by atoms with Crippen molar-refractivity contribution in [2.45, 2.75) is 270 Å². The average Bonchev–Trinajstić information content (AvgIpc) is 3.30. The molecule has 68 heavy (non-hydrogen) atoms. The zero-order chi connectivity index (χ0) is 49.9. The molecule has 0 aromatic rings. The third-order valence-electron chi connectivity index (χ3n) is 12.7. The summed E-state index contributed by atoms with van der Waals surface area (Å²) in [5, 5.41) is 13.9. The summed E-state index contributed by atoms with van der Waals surface area (Å²) in [7, 11) is 1.58. The maximum absolute atomic E-state index is 13.0. The summed E-state index contributed by atoms with van der Waals surface area (Å²) >= 11 is 0. The van der Waals surface area contributed by atoms with Crippen molar-refractivity contribution in [3.8, 4) is 0 Å². The Morgan fingerprint density at radius 2 is 0.882 bits per heavy atom. The third-order valence-corrected chi connectivity index (χ3v) is 13.7. The first-order valence-corrected chi connectivity index (χ1v) is 30.2. The molecule has 0 fully saturated rings. The number of carbonyl (C=O) groups is 1. The third kappa shape index (κ3) is 52.0. The van der Waals surface area contributed by atoms with Crippen LogP contribution < -0.4 is 5.32 Å². The lowest BCUT2D eigenvalue weighted by atomic mass is 10.0. The Morgan fingerprint density at radius 1 is 0.515 bits per heavy atom. The van der Waals surface area contributed by atoms with Gasteiger partial charge in [0.25, 0.3) is 0 Å². The minimum atomic E-state index is -4.35. The van der Waals surface area contributed by atoms with Gasteiger partial charge in [0, 0.05) is 6.42 Å². The van der Waals surface area contributed by atoms with Gasteiger partial charge in [-0.1, -0.05) is 254 Å². The van der Waals surface area contributed by atoms with Crippen LogP contribution in [0.3, 0.4) is 0 Å². The van der Waals surface area contributed by atoms with E-state index in [2.05, 4.69) is 67.8 Å². The van der Waals surface area contributed by atoms with Gasteiger partial charge < -0.3 is 19.8 Å². The molecule has 0 heterocycles. The van der Waals surface area contributed by atoms with Gasteiger partial charge in [0.15, 0.2) is 0 Å². The van der Waals surface area contributed by atoms with Crippen LogP contribution in [-0.4, -0.2) is 73.4 Å². The lowest BCUT2D eigenvalue weighted by Gasteiger charge is -2.25. The molecule has 0 bridgehead atoms. The Labute approximate surface area is 422 Å². The zero-order valence-corrected chi connectivity index (χ0v) is 46.2. The number of rotatable bonds is 52. The number of hydrogen-bond acceptors (Lipinski definition) is 5. The van der Waals surface area contributed by atoms with Gasteiger partial charge in [-0.25, -0.2) is 4.57 Å². The summed E-state index contributed by atoms with van der Waals surface area (Å²) in [6, 6.07) is -0.847. The lowest BCUT2D eigenvalue weighted by Crippen LogP contribution is -2.45. The van der Waals surface area contributed by atoms with Crippen LogP contribution in [0.25, 0.3) is 0 Å². The van der Waals surface area contributed by atoms with E-state index in [-0.39, 0.29) is 19.1 Å². The Hall–Kier alpha value is -1.80. The number of amides is 1. The van der Waals surface area contributed by atoms with Crippen LogP contribution in [0, 0.1) is 0 Å². The van der Waals surface area contributed by atoms with Crippen molar-refractivity contribution < 1.29 is 32.9 Å². The Balaban J connectivity index is 4.14. The van der Waals surface area contributed by atoms with E-state index in [0.717, 1.165) is 64.2 Å². The first kappa shape index (κ1) is 66.2. The topological polar surface area (TPSA) is 105 Å². The molecule has 0 aromatic heterocycles. The average molecular weight is 977 g/mol. The molecule has 0 rings (SSSR count). The maximum Gasteiger partial charge on any atom is 0.472 e. The number of phosphoric acid groups is 1. The molecule has 8 nitrogen and oxygen atoms in total. The molecule has 0 saturated carbocycles. The first-order chi connectivity index (χ1) is 33.0. The number of quaternary nitrogens is 1. The highest BCUT2D eigenvalue weighted by Gasteiger charge is 2.27. The molecule has 3 atom stereocenters. The summed E-state index contributed by atoms with van der Waals surface area (Å²) < 4.78 is 23.7. The number of likely N-dealkylation sites (N-methyl/N-ethyl adjacent to an activating group) is 1. The highest BCUT2D eigenvalue weighted by atomic mass is 31.2. The van der Waals surface area contributed by atoms with E-state index in [1.807, 2.05) is 27.2 Å². The van der Waals surface area contributed by atoms with Crippen molar-refractivity contribution in [3.63, 3.8) is 0 Å². The fourth-order valence-corrected chi connectivity index (χ4v) is 9.01. The Morgan fingerprint density at radius 3 is 1.29 bits per heavy atom. The number of carbonyl (C=O) groups excluding carboxylic acids is 1. The highest BCUT2D eigenvalue weighted by Crippen LogP contribution is 2.43. The van der Waals surface area contributed by atoms with E-state index in [4.69, 9.17) is 9.05 Å². The second-order valence-electron chi connectivity index (χ2n) is 20.6. The molecule has 0 aromatic carbocycles. The van der Waals surface area contributed by atoms with Gasteiger partial charge in [0.05, 0.1) is 39.9 Å². The zero-order valence-electron chi connectivity index (χ0n) is 45.3. The van der Waals surface area contributed by atoms with E-state index in [1.54, 1.807) is 6.08 Å². The number of allylic oxidation sites excluding steroid dienone is 9. The largest absolute Gasteiger partial charge is 0.472 e. The molecule has 1 amide bonds. The SMILES string of the molecule is CC/C=C\C/C=C\C/C=C\C/C=C\CCCCCCCCCCCCCCCCCCC(=O)NC(COP(=O)(O)OCC[N+](C)(C)C)C(O)/C=C/CCCCCCCCCCCCCCCCC. The van der Waals surface area contributed by atoms with Crippen LogP contribution in [-0.2, 0) is 18.4 Å². The predicted octanol–water partition coefficient (Wildman–Crippen LogP) is 17.3. The summed E-state index contributed by atoms with van der Waals surface area (Å²) in [5.41, 5.74) is 0. The van der Waals surface area contributed by atoms with Crippen LogP contribution >= 0.6 is 7.82 Å². The molecule has 398 valence electrons. The van der Waals surface area contributed by atoms with Gasteiger partial charge in [-0.05, 0) is 57.8 Å². The van der Waals surface area contributed by atoms with Gasteiger partial charge >= 0.3 is 7.82 Å². The van der Waals surface area contributed by atoms with Crippen LogP contribution in [0.2, 0.25) is 0 Å². The van der Waals surface area contributed by atoms with E-state index in [1.165, 1.54) is 173 Å². The molecular weight excluding hydrogens is 864 g/mol. The fourth-order valence-electron chi connectivity index (χ4n) is 8.27. The number of phosphoric ester groups is 1. The van der Waals surface area contributed by atoms with Crippen molar-refractivity contribution in [3.05, 3.63) is 60.8 Å². The lowest BCUT2D eigenvalue weighted by molar-refractivity contribution is -0.870. The summed E-state index contributed by atoms with van der Waals surface area (Å²) in [6.45, 7) is 4.72. The van der Waals surface area contributed by atoms with E-state index < -0.39 is 20.0 Å². The fraction of sp³-hybridized carbons (Fsp3) is 0.814. The maximum atomic E-state index is 13.0. The van der Waals surface area contributed by atoms with Gasteiger partial charge in [0.2, 0.25) is 5.91 Å². The van der Waals surface area contributed by atoms with Crippen LogP contribution in [0.5, 0.6) is 0 Å². The number of nitrogens with one attached hydrogen (secondary N) is 1. The molecule has 9 heteroatoms. The normalized spacial score (nSPS) is 14.4. The highest BCUT2D eigenvalue weighted by molar-refractivity contribution is 7.47. The van der Waals surface area contributed by atoms with Crippen molar-refractivity contribution >= 4 is 13.7 Å². The van der Waals surface area contributed by atoms with Gasteiger partial charge in [-0.15, -0.1) is 0 Å². The van der Waals surface area contributed by atoms with E-state index >= 15 is 0 Å². The predicted molar refractivity (Wildman–Crippen MR) is 295 cm³/mol. The molecule has 3 unspecified atom stereocenters. The molecule has 0 saturated heterocycles. The molecule has 0 radical (unpaired) electrons. The summed E-state index contributed by atoms with van der Waals surface area (Å²) in [5.74, 6) is -0.176. The number of aliphatic hydroxyl groups is 1. The molecule has 0 aliphatic heterocycles. The van der Waals surface area contributed by atoms with Crippen LogP contribution in [0.4, 0.5) is 0 Å². The van der Waals surface area contributed by atoms with Gasteiger partial charge in [-0.3, -0.25) is 13.8 Å². The second kappa shape index (κ2) is 50.2. The number of aliphatic hydroxyl groups excluding tert-OH is 1. The monoisotopic (exact) mass is 976 g/mol. The van der Waals surface area contributed by atoms with Crippen molar-refractivity contribution in [1.29, 1.82) is 0 Å². The van der Waals surface area contributed by atoms with Crippen molar-refractivity contribution in [2.24, 2.45) is 0 Å². The minimum absolute atomic E-state index is 0.0611. The smallest absolute Gasteiger partial charge is 0.387 e. The summed E-state index contributed by atoms with van der Waals surface area (Å²) in [4.78, 5) is 23.3. The molecular formula is C59H112N2O6P+. The number of hydrogen-bond donors (Lipinski definition) is 3. The first-order valence-electron chi connectivity index (χ1n) is 28.7. The van der Waals surface area contributed by atoms with Gasteiger partial charge in [0.1, 0.15) is 13.2 Å². The van der Waals surface area contributed by atoms with Gasteiger partial charge in [-0.2, -0.15) is 0 Å². The van der Waals surface area contributed by atoms with Crippen LogP contribution in [0.15, 0.2) is 60.8 Å². The molecule has 0 aliphatic carbocycles. The number of nitrogens with zero attached hydrogens (tertiary/aromatic N) is 1. The number of unbranched alkanes of at least 4 members (excludes halogenated alkanes) is 31. The van der Waals surface area contributed by atoms with E-state index in [0.29, 0.717) is 17.4 Å². The standard InChI is InChI=1S/C59H111N2O6P/c1-6-8-10-12-14-16-18-20-22-24-25-26-27-28-29-30-31-32-33-34-35-37-39-41-43-45-47-49-51-53-59(63)60-57(56-67-68(64,65)66-55-54-61(3,4)5)58(62)52-50-48-46-44-42-40-38-36-23-21-19-17-15-13-11-9-7-2/h8,10,14,16,20,22,25-26,50,52,57-58,62H,6-7,9,11-13,15,17-19,21,23-24,27-49,51,53-56H2,1-5H3,(H-,60,63,64,65)/p+1/b10-8-,16-14-,22-20-,26-25-,52-50+. The van der Waals surface area contributed by atoms with Crippen molar-refractivity contribution in [2.75, 3.05) is 40.9 Å². The second-order valence-corrected chi connectivity index (χ2v) is 22.1. The summed E-state index contributed by atoms with van der Waals surface area (Å²) in [6.07, 6.45) is 67.4. The van der Waals surface area contributed by atoms with Crippen molar-refractivity contribution in [1.82, 2.24) is 5.32 Å². The van der Waals surface area contributed by atoms with E-state index in [9.17, 15) is 19.4 Å². The molecule has 0 spiro atoms. The minimum Gasteiger partial charge on any atom is -0.387 e. The quantitative estimate of drug-likeness (QED) is 0.0243. The molecule has 3 N–H and O–H groups in total. The molecule has 0 aliphatic rings. The Bertz CT molecular complexity index is 1290.